The molecule has 2 aromatic carbocycles. The fraction of sp³-hybridized carbons (Fsp3) is 0.375. The molecule has 6 heteroatoms. The third-order valence-corrected chi connectivity index (χ3v) is 5.54. The number of rotatable bonds is 7. The second-order valence-corrected chi connectivity index (χ2v) is 7.64. The van der Waals surface area contributed by atoms with E-state index in [9.17, 15) is 0 Å². The molecule has 3 N–H and O–H groups in total. The first-order valence-electron chi connectivity index (χ1n) is 10.8. The zero-order valence-electron chi connectivity index (χ0n) is 17.8. The molecule has 1 saturated heterocycles. The summed E-state index contributed by atoms with van der Waals surface area (Å²) >= 11 is 0. The Bertz CT molecular complexity index is 963. The second-order valence-electron chi connectivity index (χ2n) is 7.64. The van der Waals surface area contributed by atoms with Crippen molar-refractivity contribution < 1.29 is 4.74 Å². The van der Waals surface area contributed by atoms with Gasteiger partial charge in [-0.15, -0.1) is 0 Å². The first-order valence-corrected chi connectivity index (χ1v) is 10.8. The first kappa shape index (κ1) is 20.1. The van der Waals surface area contributed by atoms with Crippen LogP contribution in [0.1, 0.15) is 19.0 Å². The average Bonchev–Trinajstić information content (AvgIpc) is 3.40. The highest BCUT2D eigenvalue weighted by atomic mass is 16.5. The van der Waals surface area contributed by atoms with Gasteiger partial charge in [0, 0.05) is 49.9 Å². The number of nitrogens with one attached hydrogen (secondary N) is 3. The van der Waals surface area contributed by atoms with Crippen LogP contribution in [-0.2, 0) is 6.42 Å². The van der Waals surface area contributed by atoms with E-state index in [0.29, 0.717) is 6.04 Å². The Morgan fingerprint density at radius 1 is 1.20 bits per heavy atom. The summed E-state index contributed by atoms with van der Waals surface area (Å²) in [7, 11) is 1.73. The summed E-state index contributed by atoms with van der Waals surface area (Å²) in [6.07, 6.45) is 1.97. The van der Waals surface area contributed by atoms with Gasteiger partial charge >= 0.3 is 0 Å². The smallest absolute Gasteiger partial charge is 0.191 e. The molecule has 0 aliphatic carbocycles. The summed E-state index contributed by atoms with van der Waals surface area (Å²) in [6.45, 7) is 5.64. The van der Waals surface area contributed by atoms with E-state index in [1.165, 1.54) is 16.6 Å². The van der Waals surface area contributed by atoms with Crippen molar-refractivity contribution in [2.75, 3.05) is 38.2 Å². The van der Waals surface area contributed by atoms with E-state index >= 15 is 0 Å². The molecule has 0 saturated carbocycles. The topological polar surface area (TPSA) is 64.7 Å². The highest BCUT2D eigenvalue weighted by Gasteiger charge is 2.25. The Balaban J connectivity index is 1.35. The minimum absolute atomic E-state index is 0.362. The largest absolute Gasteiger partial charge is 0.495 e. The molecule has 3 aromatic rings. The summed E-state index contributed by atoms with van der Waals surface area (Å²) in [4.78, 5) is 10.7. The van der Waals surface area contributed by atoms with Crippen LogP contribution in [0.5, 0.6) is 5.75 Å². The Labute approximate surface area is 178 Å². The van der Waals surface area contributed by atoms with Gasteiger partial charge in [-0.25, -0.2) is 0 Å². The number of methoxy groups -OCH3 is 1. The van der Waals surface area contributed by atoms with Crippen LogP contribution in [0.2, 0.25) is 0 Å². The summed E-state index contributed by atoms with van der Waals surface area (Å²) < 4.78 is 5.53. The van der Waals surface area contributed by atoms with Crippen molar-refractivity contribution in [2.24, 2.45) is 4.99 Å². The van der Waals surface area contributed by atoms with Gasteiger partial charge < -0.3 is 25.3 Å². The predicted octanol–water partition coefficient (Wildman–Crippen LogP) is 3.55. The lowest BCUT2D eigenvalue weighted by molar-refractivity contribution is 0.415. The molecule has 6 nitrogen and oxygen atoms in total. The molecule has 1 unspecified atom stereocenters. The zero-order chi connectivity index (χ0) is 20.8. The highest BCUT2D eigenvalue weighted by molar-refractivity contribution is 5.81. The van der Waals surface area contributed by atoms with Crippen LogP contribution < -0.4 is 20.3 Å². The molecule has 0 amide bonds. The van der Waals surface area contributed by atoms with Gasteiger partial charge in [0.15, 0.2) is 5.96 Å². The number of anilines is 1. The third-order valence-electron chi connectivity index (χ3n) is 5.54. The normalized spacial score (nSPS) is 16.8. The van der Waals surface area contributed by atoms with Gasteiger partial charge in [-0.05, 0) is 43.0 Å². The van der Waals surface area contributed by atoms with Crippen molar-refractivity contribution in [3.05, 3.63) is 60.3 Å². The minimum Gasteiger partial charge on any atom is -0.495 e. The van der Waals surface area contributed by atoms with Crippen LogP contribution in [0.3, 0.4) is 0 Å². The van der Waals surface area contributed by atoms with Crippen molar-refractivity contribution in [1.29, 1.82) is 0 Å². The number of aromatic nitrogens is 1. The van der Waals surface area contributed by atoms with Crippen molar-refractivity contribution in [1.82, 2.24) is 15.6 Å². The molecule has 1 aliphatic heterocycles. The molecule has 2 heterocycles. The number of ether oxygens (including phenoxy) is 1. The lowest BCUT2D eigenvalue weighted by Gasteiger charge is -2.22. The number of hydrogen-bond acceptors (Lipinski definition) is 3. The second kappa shape index (κ2) is 9.57. The summed E-state index contributed by atoms with van der Waals surface area (Å²) in [5.41, 5.74) is 3.56. The Hall–Kier alpha value is -3.15. The lowest BCUT2D eigenvalue weighted by atomic mass is 10.2. The van der Waals surface area contributed by atoms with Gasteiger partial charge in [0.1, 0.15) is 5.75 Å². The molecule has 0 radical (unpaired) electrons. The maximum Gasteiger partial charge on any atom is 0.191 e. The minimum atomic E-state index is 0.362. The quantitative estimate of drug-likeness (QED) is 0.415. The highest BCUT2D eigenvalue weighted by Crippen LogP contribution is 2.30. The van der Waals surface area contributed by atoms with E-state index in [1.807, 2.05) is 12.1 Å². The number of fused-ring (bicyclic) bond motifs is 1. The maximum atomic E-state index is 5.53. The molecule has 1 atom stereocenters. The number of H-pyrrole nitrogens is 1. The van der Waals surface area contributed by atoms with E-state index in [2.05, 4.69) is 69.9 Å². The average molecular weight is 406 g/mol. The monoisotopic (exact) mass is 405 g/mol. The fourth-order valence-electron chi connectivity index (χ4n) is 4.06. The third kappa shape index (κ3) is 4.70. The Morgan fingerprint density at radius 2 is 2.03 bits per heavy atom. The predicted molar refractivity (Wildman–Crippen MR) is 125 cm³/mol. The number of guanidine groups is 1. The van der Waals surface area contributed by atoms with Crippen molar-refractivity contribution in [3.63, 3.8) is 0 Å². The molecular formula is C24H31N5O. The van der Waals surface area contributed by atoms with Crippen LogP contribution in [0, 0.1) is 0 Å². The summed E-state index contributed by atoms with van der Waals surface area (Å²) in [5, 5.41) is 8.25. The SMILES string of the molecule is CCNC(=NCCc1cc2ccccc2[nH]1)NC1CCN(c2ccccc2OC)C1. The van der Waals surface area contributed by atoms with Gasteiger partial charge in [-0.2, -0.15) is 0 Å². The van der Waals surface area contributed by atoms with Gasteiger partial charge in [0.25, 0.3) is 0 Å². The van der Waals surface area contributed by atoms with Crippen molar-refractivity contribution in [3.8, 4) is 5.75 Å². The molecular weight excluding hydrogens is 374 g/mol. The molecule has 30 heavy (non-hydrogen) atoms. The van der Waals surface area contributed by atoms with Crippen molar-refractivity contribution in [2.45, 2.75) is 25.8 Å². The lowest BCUT2D eigenvalue weighted by Crippen LogP contribution is -2.44. The molecule has 1 aliphatic rings. The fourth-order valence-corrected chi connectivity index (χ4v) is 4.06. The molecule has 158 valence electrons. The first-order chi connectivity index (χ1) is 14.8. The van der Waals surface area contributed by atoms with Crippen LogP contribution in [0.4, 0.5) is 5.69 Å². The van der Waals surface area contributed by atoms with E-state index in [0.717, 1.165) is 56.4 Å². The summed E-state index contributed by atoms with van der Waals surface area (Å²) in [5.74, 6) is 1.82. The number of hydrogen-bond donors (Lipinski definition) is 3. The van der Waals surface area contributed by atoms with Crippen LogP contribution in [0.15, 0.2) is 59.6 Å². The molecule has 4 rings (SSSR count). The van der Waals surface area contributed by atoms with E-state index in [4.69, 9.17) is 9.73 Å². The van der Waals surface area contributed by atoms with Gasteiger partial charge in [-0.1, -0.05) is 30.3 Å². The zero-order valence-corrected chi connectivity index (χ0v) is 17.8. The van der Waals surface area contributed by atoms with E-state index in [1.54, 1.807) is 7.11 Å². The van der Waals surface area contributed by atoms with Crippen LogP contribution in [-0.4, -0.2) is 50.3 Å². The molecule has 0 bridgehead atoms. The number of para-hydroxylation sites is 3. The number of nitrogens with zero attached hydrogens (tertiary/aromatic N) is 2. The summed E-state index contributed by atoms with van der Waals surface area (Å²) in [6, 6.07) is 19.2. The number of benzene rings is 2. The maximum absolute atomic E-state index is 5.53. The van der Waals surface area contributed by atoms with Gasteiger partial charge in [0.2, 0.25) is 0 Å². The van der Waals surface area contributed by atoms with Gasteiger partial charge in [-0.3, -0.25) is 4.99 Å². The van der Waals surface area contributed by atoms with E-state index < -0.39 is 0 Å². The molecule has 0 spiro atoms. The number of aliphatic imine (C=N–C) groups is 1. The Kier molecular flexibility index (Phi) is 6.42. The van der Waals surface area contributed by atoms with Crippen molar-refractivity contribution >= 4 is 22.5 Å². The molecule has 1 aromatic heterocycles. The van der Waals surface area contributed by atoms with Crippen LogP contribution >= 0.6 is 0 Å². The number of aromatic amines is 1. The standard InChI is InChI=1S/C24H31N5O/c1-3-25-24(26-14-12-19-16-18-8-4-5-9-21(18)27-19)28-20-13-15-29(17-20)22-10-6-7-11-23(22)30-2/h4-11,16,20,27H,3,12-15,17H2,1-2H3,(H2,25,26,28). The van der Waals surface area contributed by atoms with E-state index in [-0.39, 0.29) is 0 Å². The van der Waals surface area contributed by atoms with Gasteiger partial charge in [0.05, 0.1) is 12.8 Å². The molecule has 1 fully saturated rings. The Morgan fingerprint density at radius 3 is 2.87 bits per heavy atom. The van der Waals surface area contributed by atoms with Crippen LogP contribution in [0.25, 0.3) is 10.9 Å².